The molecule has 25 heavy (non-hydrogen) atoms. The molecule has 2 aromatic carbocycles. The lowest BCUT2D eigenvalue weighted by Crippen LogP contribution is -2.22. The van der Waals surface area contributed by atoms with Gasteiger partial charge in [-0.1, -0.05) is 29.8 Å². The molecule has 6 nitrogen and oxygen atoms in total. The van der Waals surface area contributed by atoms with Crippen molar-refractivity contribution < 1.29 is 13.2 Å². The molecule has 0 aliphatic heterocycles. The first-order valence-corrected chi connectivity index (χ1v) is 9.17. The molecular weight excluding hydrogens is 362 g/mol. The predicted octanol–water partition coefficient (Wildman–Crippen LogP) is 2.74. The van der Waals surface area contributed by atoms with Gasteiger partial charge in [-0.25, -0.2) is 18.1 Å². The number of hydrogen-bond acceptors (Lipinski definition) is 4. The van der Waals surface area contributed by atoms with Gasteiger partial charge in [0.05, 0.1) is 10.6 Å². The Morgan fingerprint density at radius 3 is 2.36 bits per heavy atom. The Balaban J connectivity index is 2.22. The van der Waals surface area contributed by atoms with Crippen LogP contribution in [0.1, 0.15) is 22.8 Å². The largest absolute Gasteiger partial charge is 0.271 e. The highest BCUT2D eigenvalue weighted by Gasteiger charge is 2.17. The molecule has 0 saturated heterocycles. The molecular formula is C17H18ClN3O3S. The number of rotatable bonds is 5. The van der Waals surface area contributed by atoms with Gasteiger partial charge in [0.2, 0.25) is 10.0 Å². The van der Waals surface area contributed by atoms with Crippen LogP contribution in [-0.2, 0) is 10.0 Å². The number of amides is 1. The summed E-state index contributed by atoms with van der Waals surface area (Å²) in [7, 11) is -0.603. The molecule has 0 saturated carbocycles. The van der Waals surface area contributed by atoms with E-state index in [-0.39, 0.29) is 4.90 Å². The zero-order chi connectivity index (χ0) is 18.6. The van der Waals surface area contributed by atoms with Crippen molar-refractivity contribution in [2.24, 2.45) is 5.10 Å². The van der Waals surface area contributed by atoms with E-state index in [4.69, 9.17) is 11.6 Å². The van der Waals surface area contributed by atoms with E-state index in [2.05, 4.69) is 10.5 Å². The van der Waals surface area contributed by atoms with Gasteiger partial charge in [0.25, 0.3) is 5.91 Å². The first-order chi connectivity index (χ1) is 11.7. The fraction of sp³-hybridized carbons (Fsp3) is 0.176. The molecule has 0 bridgehead atoms. The normalized spacial score (nSPS) is 12.3. The van der Waals surface area contributed by atoms with Gasteiger partial charge in [0, 0.05) is 24.7 Å². The van der Waals surface area contributed by atoms with Crippen LogP contribution < -0.4 is 5.43 Å². The highest BCUT2D eigenvalue weighted by Crippen LogP contribution is 2.15. The third-order valence-corrected chi connectivity index (χ3v) is 5.49. The molecule has 0 aliphatic carbocycles. The fourth-order valence-electron chi connectivity index (χ4n) is 1.99. The molecule has 0 atom stereocenters. The third kappa shape index (κ3) is 4.66. The number of hydrazone groups is 1. The van der Waals surface area contributed by atoms with Crippen molar-refractivity contribution in [3.63, 3.8) is 0 Å². The Morgan fingerprint density at radius 1 is 1.08 bits per heavy atom. The summed E-state index contributed by atoms with van der Waals surface area (Å²) in [6, 6.07) is 12.9. The summed E-state index contributed by atoms with van der Waals surface area (Å²) in [5.74, 6) is -0.404. The summed E-state index contributed by atoms with van der Waals surface area (Å²) in [5.41, 5.74) is 3.89. The van der Waals surface area contributed by atoms with Gasteiger partial charge in [-0.15, -0.1) is 0 Å². The molecule has 0 aliphatic rings. The monoisotopic (exact) mass is 379 g/mol. The second-order valence-electron chi connectivity index (χ2n) is 5.46. The van der Waals surface area contributed by atoms with Gasteiger partial charge < -0.3 is 0 Å². The lowest BCUT2D eigenvalue weighted by molar-refractivity contribution is 0.0955. The van der Waals surface area contributed by atoms with Crippen molar-refractivity contribution in [2.75, 3.05) is 14.1 Å². The van der Waals surface area contributed by atoms with Crippen molar-refractivity contribution >= 4 is 33.2 Å². The maximum Gasteiger partial charge on any atom is 0.271 e. The highest BCUT2D eigenvalue weighted by molar-refractivity contribution is 7.89. The summed E-state index contributed by atoms with van der Waals surface area (Å²) < 4.78 is 25.5. The van der Waals surface area contributed by atoms with E-state index >= 15 is 0 Å². The minimum Gasteiger partial charge on any atom is -0.267 e. The smallest absolute Gasteiger partial charge is 0.267 e. The van der Waals surface area contributed by atoms with Crippen LogP contribution in [0.25, 0.3) is 0 Å². The molecule has 0 radical (unpaired) electrons. The van der Waals surface area contributed by atoms with Crippen LogP contribution >= 0.6 is 11.6 Å². The lowest BCUT2D eigenvalue weighted by Gasteiger charge is -2.12. The third-order valence-electron chi connectivity index (χ3n) is 3.44. The molecule has 0 unspecified atom stereocenters. The number of benzene rings is 2. The van der Waals surface area contributed by atoms with Gasteiger partial charge in [-0.2, -0.15) is 5.10 Å². The minimum absolute atomic E-state index is 0.158. The van der Waals surface area contributed by atoms with Crippen molar-refractivity contribution in [3.8, 4) is 0 Å². The van der Waals surface area contributed by atoms with Crippen molar-refractivity contribution in [2.45, 2.75) is 11.8 Å². The van der Waals surface area contributed by atoms with Crippen LogP contribution in [0.15, 0.2) is 58.5 Å². The Morgan fingerprint density at radius 2 is 1.72 bits per heavy atom. The van der Waals surface area contributed by atoms with Gasteiger partial charge >= 0.3 is 0 Å². The standard InChI is InChI=1S/C17H18ClN3O3S/c1-12(19-20-17(22)14-7-4-8-15(18)10-14)13-6-5-9-16(11-13)25(23,24)21(2)3/h4-11H,1-3H3,(H,20,22)/b19-12+. The molecule has 1 amide bonds. The molecule has 0 fully saturated rings. The average Bonchev–Trinajstić information content (AvgIpc) is 2.59. The molecule has 2 rings (SSSR count). The van der Waals surface area contributed by atoms with Crippen molar-refractivity contribution in [3.05, 3.63) is 64.7 Å². The number of nitrogens with one attached hydrogen (secondary N) is 1. The summed E-state index contributed by atoms with van der Waals surface area (Å²) >= 11 is 5.86. The fourth-order valence-corrected chi connectivity index (χ4v) is 3.12. The van der Waals surface area contributed by atoms with E-state index in [1.54, 1.807) is 37.3 Å². The zero-order valence-corrected chi connectivity index (χ0v) is 15.6. The van der Waals surface area contributed by atoms with Crippen LogP contribution in [0.2, 0.25) is 5.02 Å². The van der Waals surface area contributed by atoms with Gasteiger partial charge in [0.1, 0.15) is 0 Å². The molecule has 2 aromatic rings. The van der Waals surface area contributed by atoms with Gasteiger partial charge in [0.15, 0.2) is 0 Å². The summed E-state index contributed by atoms with van der Waals surface area (Å²) in [6.07, 6.45) is 0. The maximum atomic E-state index is 12.2. The lowest BCUT2D eigenvalue weighted by atomic mass is 10.1. The number of hydrogen-bond donors (Lipinski definition) is 1. The van der Waals surface area contributed by atoms with Crippen molar-refractivity contribution in [1.82, 2.24) is 9.73 Å². The number of halogens is 1. The van der Waals surface area contributed by atoms with Crippen LogP contribution in [0, 0.1) is 0 Å². The highest BCUT2D eigenvalue weighted by atomic mass is 35.5. The van der Waals surface area contributed by atoms with Gasteiger partial charge in [-0.05, 0) is 42.8 Å². The Kier molecular flexibility index (Phi) is 5.94. The molecule has 8 heteroatoms. The van der Waals surface area contributed by atoms with E-state index in [9.17, 15) is 13.2 Å². The molecule has 132 valence electrons. The van der Waals surface area contributed by atoms with E-state index in [1.807, 2.05) is 0 Å². The quantitative estimate of drug-likeness (QED) is 0.640. The molecule has 0 aromatic heterocycles. The summed E-state index contributed by atoms with van der Waals surface area (Å²) in [5, 5.41) is 4.49. The Bertz CT molecular complexity index is 924. The predicted molar refractivity (Wildman–Crippen MR) is 98.4 cm³/mol. The van der Waals surface area contributed by atoms with E-state index in [1.165, 1.54) is 32.3 Å². The number of sulfonamides is 1. The average molecular weight is 380 g/mol. The second-order valence-corrected chi connectivity index (χ2v) is 8.05. The van der Waals surface area contributed by atoms with Crippen LogP contribution in [0.5, 0.6) is 0 Å². The number of carbonyl (C=O) groups excluding carboxylic acids is 1. The van der Waals surface area contributed by atoms with E-state index in [0.717, 1.165) is 4.31 Å². The first-order valence-electron chi connectivity index (χ1n) is 7.35. The molecule has 0 spiro atoms. The van der Waals surface area contributed by atoms with E-state index in [0.29, 0.717) is 21.9 Å². The van der Waals surface area contributed by atoms with Crippen LogP contribution in [-0.4, -0.2) is 38.4 Å². The Labute approximate surface area is 152 Å². The number of nitrogens with zero attached hydrogens (tertiary/aromatic N) is 2. The first kappa shape index (κ1) is 19.1. The molecule has 1 N–H and O–H groups in total. The SMILES string of the molecule is C/C(=N\NC(=O)c1cccc(Cl)c1)c1cccc(S(=O)(=O)N(C)C)c1. The minimum atomic E-state index is -3.54. The number of carbonyl (C=O) groups is 1. The molecule has 0 heterocycles. The Hall–Kier alpha value is -2.22. The van der Waals surface area contributed by atoms with Gasteiger partial charge in [-0.3, -0.25) is 4.79 Å². The second kappa shape index (κ2) is 7.77. The van der Waals surface area contributed by atoms with Crippen LogP contribution in [0.4, 0.5) is 0 Å². The maximum absolute atomic E-state index is 12.2. The summed E-state index contributed by atoms with van der Waals surface area (Å²) in [4.78, 5) is 12.2. The topological polar surface area (TPSA) is 78.8 Å². The van der Waals surface area contributed by atoms with Crippen LogP contribution in [0.3, 0.4) is 0 Å². The van der Waals surface area contributed by atoms with E-state index < -0.39 is 15.9 Å². The summed E-state index contributed by atoms with van der Waals surface area (Å²) in [6.45, 7) is 1.68. The zero-order valence-electron chi connectivity index (χ0n) is 14.0. The van der Waals surface area contributed by atoms with Crippen molar-refractivity contribution in [1.29, 1.82) is 0 Å².